The number of fused-ring (bicyclic) bond motifs is 1. The molecule has 0 radical (unpaired) electrons. The summed E-state index contributed by atoms with van der Waals surface area (Å²) < 4.78 is 10.5. The largest absolute Gasteiger partial charge is 0.462 e. The highest BCUT2D eigenvalue weighted by molar-refractivity contribution is 6.22. The number of furan rings is 1. The van der Waals surface area contributed by atoms with E-state index < -0.39 is 29.5 Å². The van der Waals surface area contributed by atoms with Crippen LogP contribution in [0.25, 0.3) is 0 Å². The van der Waals surface area contributed by atoms with Crippen molar-refractivity contribution in [3.05, 3.63) is 51.8 Å². The lowest BCUT2D eigenvalue weighted by Crippen LogP contribution is -2.33. The van der Waals surface area contributed by atoms with Gasteiger partial charge in [-0.2, -0.15) is 0 Å². The Morgan fingerprint density at radius 2 is 1.75 bits per heavy atom. The van der Waals surface area contributed by atoms with Gasteiger partial charge in [0, 0.05) is 12.1 Å². The van der Waals surface area contributed by atoms with Gasteiger partial charge in [-0.15, -0.1) is 0 Å². The van der Waals surface area contributed by atoms with Crippen LogP contribution in [0.5, 0.6) is 0 Å². The average Bonchev–Trinajstić information content (AvgIpc) is 3.16. The van der Waals surface area contributed by atoms with Gasteiger partial charge in [0.1, 0.15) is 11.3 Å². The third kappa shape index (κ3) is 4.05. The molecule has 3 rings (SSSR count). The summed E-state index contributed by atoms with van der Waals surface area (Å²) in [4.78, 5) is 63.6. The Hall–Kier alpha value is -3.75. The SMILES string of the molecule is CCOC(=O)c1c(NC(=O)c2ccc3c(c2)C(=O)N(CC(C)C)C3=O)oc(C)c1C(C)=O. The summed E-state index contributed by atoms with van der Waals surface area (Å²) in [6, 6.07) is 4.16. The second-order valence-electron chi connectivity index (χ2n) is 7.84. The van der Waals surface area contributed by atoms with Crippen molar-refractivity contribution in [2.75, 3.05) is 18.5 Å². The van der Waals surface area contributed by atoms with E-state index in [-0.39, 0.29) is 58.5 Å². The number of aryl methyl sites for hydroxylation is 1. The Morgan fingerprint density at radius 3 is 2.34 bits per heavy atom. The van der Waals surface area contributed by atoms with Crippen LogP contribution in [0.4, 0.5) is 5.88 Å². The monoisotopic (exact) mass is 440 g/mol. The third-order valence-electron chi connectivity index (χ3n) is 4.92. The van der Waals surface area contributed by atoms with Gasteiger partial charge in [0.25, 0.3) is 17.7 Å². The van der Waals surface area contributed by atoms with Crippen molar-refractivity contribution < 1.29 is 33.1 Å². The quantitative estimate of drug-likeness (QED) is 0.397. The number of imide groups is 1. The molecule has 0 fully saturated rings. The number of nitrogens with one attached hydrogen (secondary N) is 1. The van der Waals surface area contributed by atoms with E-state index in [4.69, 9.17) is 9.15 Å². The first-order valence-corrected chi connectivity index (χ1v) is 10.2. The molecular weight excluding hydrogens is 416 g/mol. The van der Waals surface area contributed by atoms with Crippen molar-refractivity contribution in [3.63, 3.8) is 0 Å². The van der Waals surface area contributed by atoms with Crippen LogP contribution < -0.4 is 5.32 Å². The van der Waals surface area contributed by atoms with Crippen LogP contribution in [0.2, 0.25) is 0 Å². The van der Waals surface area contributed by atoms with Gasteiger partial charge in [-0.3, -0.25) is 29.4 Å². The first-order valence-electron chi connectivity index (χ1n) is 10.2. The molecule has 0 unspecified atom stereocenters. The molecule has 0 aliphatic carbocycles. The van der Waals surface area contributed by atoms with E-state index in [9.17, 15) is 24.0 Å². The molecule has 3 amide bonds. The van der Waals surface area contributed by atoms with Crippen LogP contribution in [-0.2, 0) is 4.74 Å². The molecule has 9 nitrogen and oxygen atoms in total. The van der Waals surface area contributed by atoms with E-state index in [1.807, 2.05) is 13.8 Å². The summed E-state index contributed by atoms with van der Waals surface area (Å²) in [7, 11) is 0. The first kappa shape index (κ1) is 22.9. The number of ether oxygens (including phenoxy) is 1. The molecule has 0 atom stereocenters. The van der Waals surface area contributed by atoms with Gasteiger partial charge in [0.05, 0.1) is 23.3 Å². The van der Waals surface area contributed by atoms with Crippen LogP contribution in [0.1, 0.15) is 85.2 Å². The maximum absolute atomic E-state index is 12.9. The molecule has 1 aromatic carbocycles. The Bertz CT molecular complexity index is 1140. The second-order valence-corrected chi connectivity index (χ2v) is 7.84. The molecule has 0 spiro atoms. The zero-order valence-corrected chi connectivity index (χ0v) is 18.5. The summed E-state index contributed by atoms with van der Waals surface area (Å²) in [6.45, 7) is 8.52. The molecule has 2 aromatic rings. The summed E-state index contributed by atoms with van der Waals surface area (Å²) >= 11 is 0. The van der Waals surface area contributed by atoms with Gasteiger partial charge in [0.15, 0.2) is 5.78 Å². The normalized spacial score (nSPS) is 12.9. The first-order chi connectivity index (χ1) is 15.1. The molecule has 1 N–H and O–H groups in total. The van der Waals surface area contributed by atoms with Gasteiger partial charge in [-0.1, -0.05) is 13.8 Å². The minimum Gasteiger partial charge on any atom is -0.462 e. The summed E-state index contributed by atoms with van der Waals surface area (Å²) in [5.41, 5.74) is 0.309. The molecule has 2 heterocycles. The molecule has 9 heteroatoms. The highest BCUT2D eigenvalue weighted by Gasteiger charge is 2.36. The van der Waals surface area contributed by atoms with E-state index in [0.717, 1.165) is 4.90 Å². The van der Waals surface area contributed by atoms with Crippen molar-refractivity contribution in [2.45, 2.75) is 34.6 Å². The number of ketones is 1. The topological polar surface area (TPSA) is 123 Å². The third-order valence-corrected chi connectivity index (χ3v) is 4.92. The number of Topliss-reactive ketones (excluding diaryl/α,β-unsaturated/α-hetero) is 1. The number of carbonyl (C=O) groups excluding carboxylic acids is 5. The van der Waals surface area contributed by atoms with E-state index in [2.05, 4.69) is 5.32 Å². The number of rotatable bonds is 7. The maximum Gasteiger partial charge on any atom is 0.344 e. The smallest absolute Gasteiger partial charge is 0.344 e. The summed E-state index contributed by atoms with van der Waals surface area (Å²) in [5, 5.41) is 2.47. The number of nitrogens with zero attached hydrogens (tertiary/aromatic N) is 1. The molecule has 1 aliphatic rings. The number of hydrogen-bond donors (Lipinski definition) is 1. The van der Waals surface area contributed by atoms with Gasteiger partial charge in [0.2, 0.25) is 5.88 Å². The number of hydrogen-bond acceptors (Lipinski definition) is 7. The molecule has 0 saturated heterocycles. The average molecular weight is 440 g/mol. The van der Waals surface area contributed by atoms with Crippen molar-refractivity contribution in [1.29, 1.82) is 0 Å². The fourth-order valence-electron chi connectivity index (χ4n) is 3.59. The molecule has 0 saturated carbocycles. The molecule has 0 bridgehead atoms. The van der Waals surface area contributed by atoms with Crippen molar-refractivity contribution in [3.8, 4) is 0 Å². The minimum absolute atomic E-state index is 0.0257. The number of anilines is 1. The summed E-state index contributed by atoms with van der Waals surface area (Å²) in [6.07, 6.45) is 0. The molecule has 1 aliphatic heterocycles. The van der Waals surface area contributed by atoms with Crippen LogP contribution in [-0.4, -0.2) is 47.5 Å². The highest BCUT2D eigenvalue weighted by atomic mass is 16.5. The summed E-state index contributed by atoms with van der Waals surface area (Å²) in [5.74, 6) is -2.72. The predicted molar refractivity (Wildman–Crippen MR) is 114 cm³/mol. The number of esters is 1. The second kappa shape index (κ2) is 8.78. The zero-order chi connectivity index (χ0) is 23.7. The van der Waals surface area contributed by atoms with E-state index in [1.165, 1.54) is 32.0 Å². The lowest BCUT2D eigenvalue weighted by atomic mass is 10.0. The minimum atomic E-state index is -0.802. The van der Waals surface area contributed by atoms with Crippen molar-refractivity contribution in [2.24, 2.45) is 5.92 Å². The standard InChI is InChI=1S/C23H24N2O7/c1-6-31-23(30)18-17(12(4)26)13(5)32-20(18)24-19(27)14-7-8-15-16(9-14)22(29)25(21(15)28)10-11(2)3/h7-9,11H,6,10H2,1-5H3,(H,24,27). The van der Waals surface area contributed by atoms with Gasteiger partial charge >= 0.3 is 5.97 Å². The van der Waals surface area contributed by atoms with E-state index >= 15 is 0 Å². The van der Waals surface area contributed by atoms with Gasteiger partial charge < -0.3 is 9.15 Å². The maximum atomic E-state index is 12.9. The predicted octanol–water partition coefficient (Wildman–Crippen LogP) is 3.47. The Balaban J connectivity index is 1.93. The zero-order valence-electron chi connectivity index (χ0n) is 18.5. The lowest BCUT2D eigenvalue weighted by molar-refractivity contribution is 0.0523. The Labute approximate surface area is 184 Å². The van der Waals surface area contributed by atoms with Crippen molar-refractivity contribution >= 4 is 35.4 Å². The van der Waals surface area contributed by atoms with E-state index in [0.29, 0.717) is 0 Å². The van der Waals surface area contributed by atoms with Crippen LogP contribution >= 0.6 is 0 Å². The Morgan fingerprint density at radius 1 is 1.09 bits per heavy atom. The molecule has 1 aromatic heterocycles. The highest BCUT2D eigenvalue weighted by Crippen LogP contribution is 2.30. The number of amides is 3. The van der Waals surface area contributed by atoms with E-state index in [1.54, 1.807) is 6.92 Å². The molecule has 32 heavy (non-hydrogen) atoms. The van der Waals surface area contributed by atoms with Gasteiger partial charge in [-0.05, 0) is 44.9 Å². The van der Waals surface area contributed by atoms with Gasteiger partial charge in [-0.25, -0.2) is 4.79 Å². The van der Waals surface area contributed by atoms with Crippen molar-refractivity contribution in [1.82, 2.24) is 4.90 Å². The van der Waals surface area contributed by atoms with Crippen LogP contribution in [0.3, 0.4) is 0 Å². The fraction of sp³-hybridized carbons (Fsp3) is 0.348. The molecular formula is C23H24N2O7. The number of benzene rings is 1. The lowest BCUT2D eigenvalue weighted by Gasteiger charge is -2.15. The van der Waals surface area contributed by atoms with Crippen LogP contribution in [0, 0.1) is 12.8 Å². The fourth-order valence-corrected chi connectivity index (χ4v) is 3.59. The molecule has 168 valence electrons. The Kier molecular flexibility index (Phi) is 6.29. The number of carbonyl (C=O) groups is 5. The van der Waals surface area contributed by atoms with Crippen LogP contribution in [0.15, 0.2) is 22.6 Å².